The molecule has 0 amide bonds. The highest BCUT2D eigenvalue weighted by Gasteiger charge is 1.85. The Labute approximate surface area is 60.5 Å². The van der Waals surface area contributed by atoms with Crippen LogP contribution in [0.2, 0.25) is 0 Å². The molecule has 0 bridgehead atoms. The molecule has 0 aromatic heterocycles. The second kappa shape index (κ2) is 7.49. The van der Waals surface area contributed by atoms with Crippen molar-refractivity contribution in [2.45, 2.75) is 45.4 Å². The molecule has 0 aliphatic heterocycles. The first-order valence-corrected chi connectivity index (χ1v) is 3.49. The van der Waals surface area contributed by atoms with Gasteiger partial charge in [0.2, 0.25) is 0 Å². The Morgan fingerprint density at radius 3 is 2.78 bits per heavy atom. The van der Waals surface area contributed by atoms with Crippen molar-refractivity contribution in [3.05, 3.63) is 0 Å². The molecule has 0 unspecified atom stereocenters. The minimum atomic E-state index is -0.661. The van der Waals surface area contributed by atoms with Crippen LogP contribution in [0.5, 0.6) is 0 Å². The van der Waals surface area contributed by atoms with Gasteiger partial charge in [-0.05, 0) is 6.42 Å². The zero-order valence-corrected chi connectivity index (χ0v) is 5.77. The van der Waals surface area contributed by atoms with Crippen LogP contribution < -0.4 is 0 Å². The summed E-state index contributed by atoms with van der Waals surface area (Å²) in [4.78, 5) is 0. The summed E-state index contributed by atoms with van der Waals surface area (Å²) in [6.45, 7) is -0.661. The van der Waals surface area contributed by atoms with Gasteiger partial charge in [0.15, 0.2) is 0 Å². The number of nitriles is 1. The largest absolute Gasteiger partial charge is 0.198 e. The molecule has 0 aromatic carbocycles. The van der Waals surface area contributed by atoms with E-state index < -0.39 is 6.88 Å². The maximum Gasteiger partial charge on any atom is 0.0621 e. The van der Waals surface area contributed by atoms with Crippen molar-refractivity contribution in [3.63, 3.8) is 0 Å². The van der Waals surface area contributed by atoms with Crippen molar-refractivity contribution in [1.29, 1.82) is 5.26 Å². The molecule has 0 N–H and O–H groups in total. The fraction of sp³-hybridized carbons (Fsp3) is 0.875. The third-order valence-corrected chi connectivity index (χ3v) is 1.24. The van der Waals surface area contributed by atoms with E-state index in [1.165, 1.54) is 0 Å². The molecule has 0 spiro atoms. The van der Waals surface area contributed by atoms with Crippen molar-refractivity contribution in [2.24, 2.45) is 0 Å². The Morgan fingerprint density at radius 1 is 1.33 bits per heavy atom. The van der Waals surface area contributed by atoms with Gasteiger partial charge in [-0.15, -0.1) is 0 Å². The SMILES string of the molecule is [2H]C([2H])CCCCCCC#N. The molecule has 0 fully saturated rings. The monoisotopic (exact) mass is 127 g/mol. The third kappa shape index (κ3) is 7.49. The molecule has 1 nitrogen and oxygen atoms in total. The first-order valence-electron chi connectivity index (χ1n) is 4.64. The zero-order chi connectivity index (χ0) is 8.53. The summed E-state index contributed by atoms with van der Waals surface area (Å²) in [5, 5.41) is 8.20. The van der Waals surface area contributed by atoms with Crippen LogP contribution in [0.4, 0.5) is 0 Å². The molecule has 9 heavy (non-hydrogen) atoms. The average Bonchev–Trinajstić information content (AvgIpc) is 1.96. The molecular weight excluding hydrogens is 110 g/mol. The first kappa shape index (κ1) is 5.29. The fourth-order valence-corrected chi connectivity index (χ4v) is 0.702. The lowest BCUT2D eigenvalue weighted by Crippen LogP contribution is -1.75. The Hall–Kier alpha value is -0.510. The van der Waals surface area contributed by atoms with E-state index in [1.807, 2.05) is 0 Å². The Balaban J connectivity index is 2.86. The fourth-order valence-electron chi connectivity index (χ4n) is 0.702. The Kier molecular flexibility index (Phi) is 4.40. The second-order valence-corrected chi connectivity index (χ2v) is 2.11. The van der Waals surface area contributed by atoms with Gasteiger partial charge in [-0.2, -0.15) is 5.26 Å². The molecule has 0 rings (SSSR count). The molecule has 52 valence electrons. The molecule has 0 aliphatic rings. The quantitative estimate of drug-likeness (QED) is 0.521. The number of rotatable bonds is 5. The number of hydrogen-bond acceptors (Lipinski definition) is 1. The summed E-state index contributed by atoms with van der Waals surface area (Å²) in [5.74, 6) is 0. The zero-order valence-electron chi connectivity index (χ0n) is 7.77. The minimum absolute atomic E-state index is 0.644. The van der Waals surface area contributed by atoms with Gasteiger partial charge in [0.25, 0.3) is 0 Å². The van der Waals surface area contributed by atoms with E-state index in [4.69, 9.17) is 8.00 Å². The van der Waals surface area contributed by atoms with Crippen molar-refractivity contribution in [2.75, 3.05) is 0 Å². The molecule has 0 aliphatic carbocycles. The minimum Gasteiger partial charge on any atom is -0.198 e. The van der Waals surface area contributed by atoms with Gasteiger partial charge in [0.05, 0.1) is 6.07 Å². The summed E-state index contributed by atoms with van der Waals surface area (Å²) in [6, 6.07) is 2.09. The van der Waals surface area contributed by atoms with Gasteiger partial charge in [0.1, 0.15) is 0 Å². The lowest BCUT2D eigenvalue weighted by molar-refractivity contribution is 0.640. The first-order chi connectivity index (χ1) is 5.27. The number of hydrogen-bond donors (Lipinski definition) is 0. The van der Waals surface area contributed by atoms with E-state index in [1.54, 1.807) is 0 Å². The van der Waals surface area contributed by atoms with Crippen LogP contribution in [0.3, 0.4) is 0 Å². The predicted molar refractivity (Wildman–Crippen MR) is 39.0 cm³/mol. The van der Waals surface area contributed by atoms with Crippen LogP contribution >= 0.6 is 0 Å². The van der Waals surface area contributed by atoms with Crippen molar-refractivity contribution in [3.8, 4) is 6.07 Å². The van der Waals surface area contributed by atoms with Gasteiger partial charge in [-0.25, -0.2) is 0 Å². The van der Waals surface area contributed by atoms with E-state index in [0.717, 1.165) is 25.7 Å². The van der Waals surface area contributed by atoms with E-state index in [2.05, 4.69) is 6.07 Å². The van der Waals surface area contributed by atoms with Crippen LogP contribution in [-0.2, 0) is 0 Å². The van der Waals surface area contributed by atoms with Crippen molar-refractivity contribution < 1.29 is 2.74 Å². The molecule has 0 aromatic rings. The molecule has 0 radical (unpaired) electrons. The van der Waals surface area contributed by atoms with Crippen molar-refractivity contribution >= 4 is 0 Å². The summed E-state index contributed by atoms with van der Waals surface area (Å²) >= 11 is 0. The van der Waals surface area contributed by atoms with Crippen LogP contribution in [-0.4, -0.2) is 0 Å². The molecule has 0 atom stereocenters. The normalized spacial score (nSPS) is 12.4. The highest BCUT2D eigenvalue weighted by Crippen LogP contribution is 2.03. The smallest absolute Gasteiger partial charge is 0.0621 e. The van der Waals surface area contributed by atoms with E-state index in [9.17, 15) is 0 Å². The second-order valence-electron chi connectivity index (χ2n) is 2.11. The van der Waals surface area contributed by atoms with Crippen molar-refractivity contribution in [1.82, 2.24) is 0 Å². The van der Waals surface area contributed by atoms with Gasteiger partial charge >= 0.3 is 0 Å². The van der Waals surface area contributed by atoms with Crippen LogP contribution in [0.1, 0.15) is 48.1 Å². The Bertz CT molecular complexity index is 118. The maximum absolute atomic E-state index is 8.20. The summed E-state index contributed by atoms with van der Waals surface area (Å²) in [5.41, 5.74) is 0. The molecule has 0 saturated heterocycles. The van der Waals surface area contributed by atoms with Gasteiger partial charge in [0, 0.05) is 9.16 Å². The summed E-state index contributed by atoms with van der Waals surface area (Å²) < 4.78 is 13.8. The third-order valence-electron chi connectivity index (χ3n) is 1.24. The predicted octanol–water partition coefficient (Wildman–Crippen LogP) is 2.87. The van der Waals surface area contributed by atoms with Gasteiger partial charge in [-0.1, -0.05) is 32.6 Å². The highest BCUT2D eigenvalue weighted by molar-refractivity contribution is 4.67. The lowest BCUT2D eigenvalue weighted by Gasteiger charge is -1.92. The van der Waals surface area contributed by atoms with Crippen LogP contribution in [0.25, 0.3) is 0 Å². The molecule has 1 heteroatoms. The standard InChI is InChI=1S/C8H15N/c1-2-3-4-5-6-7-8-9/h2-7H2,1H3/i1D2. The van der Waals surface area contributed by atoms with Gasteiger partial charge < -0.3 is 0 Å². The number of unbranched alkanes of at least 4 members (excludes halogenated alkanes) is 4. The van der Waals surface area contributed by atoms with E-state index in [-0.39, 0.29) is 0 Å². The topological polar surface area (TPSA) is 23.8 Å². The van der Waals surface area contributed by atoms with E-state index >= 15 is 0 Å². The maximum atomic E-state index is 8.20. The molecule has 0 heterocycles. The Morgan fingerprint density at radius 2 is 2.11 bits per heavy atom. The summed E-state index contributed by atoms with van der Waals surface area (Å²) in [7, 11) is 0. The van der Waals surface area contributed by atoms with Gasteiger partial charge in [-0.3, -0.25) is 0 Å². The highest BCUT2D eigenvalue weighted by atomic mass is 14.2. The molecule has 0 saturated carbocycles. The lowest BCUT2D eigenvalue weighted by atomic mass is 10.1. The summed E-state index contributed by atoms with van der Waals surface area (Å²) in [6.07, 6.45) is 5.38. The average molecular weight is 127 g/mol. The van der Waals surface area contributed by atoms with E-state index in [0.29, 0.717) is 12.8 Å². The number of nitrogens with zero attached hydrogens (tertiary/aromatic N) is 1. The molecular formula is C8H15N. The van der Waals surface area contributed by atoms with Crippen LogP contribution in [0.15, 0.2) is 0 Å². The van der Waals surface area contributed by atoms with Crippen LogP contribution in [0, 0.1) is 11.3 Å².